The topological polar surface area (TPSA) is 33.0 Å². The number of rotatable bonds is 2. The third kappa shape index (κ3) is 2.74. The van der Waals surface area contributed by atoms with Crippen LogP contribution >= 0.6 is 22.6 Å². The maximum Gasteiger partial charge on any atom is 0.167 e. The van der Waals surface area contributed by atoms with Crippen molar-refractivity contribution >= 4 is 22.6 Å². The van der Waals surface area contributed by atoms with Crippen LogP contribution in [0.4, 0.5) is 4.39 Å². The van der Waals surface area contributed by atoms with Crippen LogP contribution in [0, 0.1) is 20.7 Å². The number of hydrogen-bond donors (Lipinski definition) is 0. The molecule has 84 valence electrons. The Bertz CT molecular complexity index is 592. The first-order valence-electron chi connectivity index (χ1n) is 4.83. The monoisotopic (exact) mass is 339 g/mol. The number of halogens is 2. The smallest absolute Gasteiger partial charge is 0.167 e. The lowest BCUT2D eigenvalue weighted by molar-refractivity contribution is 0.439. The molecule has 0 radical (unpaired) electrons. The molecule has 2 aromatic rings. The van der Waals surface area contributed by atoms with Gasteiger partial charge in [0.1, 0.15) is 5.75 Å². The molecule has 17 heavy (non-hydrogen) atoms. The minimum Gasteiger partial charge on any atom is -0.453 e. The van der Waals surface area contributed by atoms with E-state index in [9.17, 15) is 4.39 Å². The second-order valence-electron chi connectivity index (χ2n) is 3.29. The summed E-state index contributed by atoms with van der Waals surface area (Å²) in [5.74, 6) is 0.175. The summed E-state index contributed by atoms with van der Waals surface area (Å²) in [5, 5.41) is 8.63. The summed E-state index contributed by atoms with van der Waals surface area (Å²) in [6.45, 7) is 0. The number of para-hydroxylation sites is 1. The van der Waals surface area contributed by atoms with E-state index in [1.807, 2.05) is 24.3 Å². The molecule has 2 rings (SSSR count). The quantitative estimate of drug-likeness (QED) is 0.772. The third-order valence-corrected chi connectivity index (χ3v) is 3.01. The van der Waals surface area contributed by atoms with Gasteiger partial charge in [0.05, 0.1) is 15.2 Å². The average Bonchev–Trinajstić information content (AvgIpc) is 2.34. The van der Waals surface area contributed by atoms with Crippen molar-refractivity contribution in [3.8, 4) is 17.6 Å². The van der Waals surface area contributed by atoms with E-state index in [-0.39, 0.29) is 11.3 Å². The number of ether oxygens (including phenoxy) is 1. The predicted molar refractivity (Wildman–Crippen MR) is 70.3 cm³/mol. The first-order valence-corrected chi connectivity index (χ1v) is 5.90. The first-order chi connectivity index (χ1) is 8.20. The molecule has 0 amide bonds. The van der Waals surface area contributed by atoms with Crippen LogP contribution in [-0.2, 0) is 0 Å². The molecule has 0 fully saturated rings. The van der Waals surface area contributed by atoms with Gasteiger partial charge in [-0.05, 0) is 52.9 Å². The lowest BCUT2D eigenvalue weighted by Crippen LogP contribution is -1.91. The minimum absolute atomic E-state index is 0.119. The van der Waals surface area contributed by atoms with Crippen molar-refractivity contribution in [1.29, 1.82) is 5.26 Å². The normalized spacial score (nSPS) is 9.71. The van der Waals surface area contributed by atoms with Crippen molar-refractivity contribution in [3.05, 3.63) is 57.4 Å². The van der Waals surface area contributed by atoms with E-state index >= 15 is 0 Å². The fraction of sp³-hybridized carbons (Fsp3) is 0. The van der Waals surface area contributed by atoms with Crippen molar-refractivity contribution < 1.29 is 9.13 Å². The lowest BCUT2D eigenvalue weighted by Gasteiger charge is -2.08. The van der Waals surface area contributed by atoms with Crippen molar-refractivity contribution in [2.75, 3.05) is 0 Å². The van der Waals surface area contributed by atoms with Crippen LogP contribution in [0.15, 0.2) is 42.5 Å². The summed E-state index contributed by atoms with van der Waals surface area (Å²) in [7, 11) is 0. The van der Waals surface area contributed by atoms with Gasteiger partial charge in [0.2, 0.25) is 0 Å². The molecule has 0 atom stereocenters. The van der Waals surface area contributed by atoms with Crippen LogP contribution in [-0.4, -0.2) is 0 Å². The molecule has 0 aliphatic carbocycles. The Morgan fingerprint density at radius 1 is 1.12 bits per heavy atom. The number of nitrogens with zero attached hydrogens (tertiary/aromatic N) is 1. The van der Waals surface area contributed by atoms with Crippen LogP contribution in [0.3, 0.4) is 0 Å². The van der Waals surface area contributed by atoms with E-state index in [4.69, 9.17) is 10.00 Å². The SMILES string of the molecule is N#Cc1ccc(Oc2ccccc2I)c(F)c1. The standard InChI is InChI=1S/C13H7FINO/c14-10-7-9(8-16)5-6-12(10)17-13-4-2-1-3-11(13)15/h1-7H. The van der Waals surface area contributed by atoms with Gasteiger partial charge in [0.15, 0.2) is 11.6 Å². The highest BCUT2D eigenvalue weighted by molar-refractivity contribution is 14.1. The van der Waals surface area contributed by atoms with Crippen LogP contribution in [0.25, 0.3) is 0 Å². The Morgan fingerprint density at radius 3 is 2.53 bits per heavy atom. The Balaban J connectivity index is 2.32. The van der Waals surface area contributed by atoms with Gasteiger partial charge >= 0.3 is 0 Å². The van der Waals surface area contributed by atoms with Gasteiger partial charge in [-0.25, -0.2) is 4.39 Å². The van der Waals surface area contributed by atoms with E-state index in [0.29, 0.717) is 5.75 Å². The Hall–Kier alpha value is -1.61. The number of benzene rings is 2. The molecule has 0 saturated carbocycles. The molecule has 0 saturated heterocycles. The molecule has 0 aliphatic heterocycles. The average molecular weight is 339 g/mol. The van der Waals surface area contributed by atoms with Crippen LogP contribution < -0.4 is 4.74 Å². The molecule has 0 bridgehead atoms. The van der Waals surface area contributed by atoms with Gasteiger partial charge in [-0.2, -0.15) is 5.26 Å². The van der Waals surface area contributed by atoms with Crippen LogP contribution in [0.2, 0.25) is 0 Å². The summed E-state index contributed by atoms with van der Waals surface area (Å²) < 4.78 is 19.9. The first kappa shape index (κ1) is 11.9. The number of hydrogen-bond acceptors (Lipinski definition) is 2. The summed E-state index contributed by atoms with van der Waals surface area (Å²) in [6.07, 6.45) is 0. The maximum atomic E-state index is 13.6. The van der Waals surface area contributed by atoms with Crippen molar-refractivity contribution in [2.24, 2.45) is 0 Å². The highest BCUT2D eigenvalue weighted by atomic mass is 127. The Labute approximate surface area is 112 Å². The minimum atomic E-state index is -0.538. The third-order valence-electron chi connectivity index (χ3n) is 2.12. The molecule has 0 spiro atoms. The zero-order valence-electron chi connectivity index (χ0n) is 8.65. The molecular formula is C13H7FINO. The Morgan fingerprint density at radius 2 is 1.88 bits per heavy atom. The molecule has 0 aliphatic rings. The fourth-order valence-electron chi connectivity index (χ4n) is 1.30. The van der Waals surface area contributed by atoms with E-state index in [1.165, 1.54) is 12.1 Å². The summed E-state index contributed by atoms with van der Waals surface area (Å²) in [5.41, 5.74) is 0.276. The van der Waals surface area contributed by atoms with Gasteiger partial charge < -0.3 is 4.74 Å². The number of nitriles is 1. The van der Waals surface area contributed by atoms with Crippen LogP contribution in [0.5, 0.6) is 11.5 Å². The highest BCUT2D eigenvalue weighted by Crippen LogP contribution is 2.28. The fourth-order valence-corrected chi connectivity index (χ4v) is 1.80. The molecule has 0 aromatic heterocycles. The van der Waals surface area contributed by atoms with Crippen molar-refractivity contribution in [3.63, 3.8) is 0 Å². The molecular weight excluding hydrogens is 332 g/mol. The molecule has 4 heteroatoms. The highest BCUT2D eigenvalue weighted by Gasteiger charge is 2.07. The van der Waals surface area contributed by atoms with Crippen molar-refractivity contribution in [1.82, 2.24) is 0 Å². The second kappa shape index (κ2) is 5.15. The maximum absolute atomic E-state index is 13.6. The lowest BCUT2D eigenvalue weighted by atomic mass is 10.2. The summed E-state index contributed by atoms with van der Waals surface area (Å²) >= 11 is 2.11. The Kier molecular flexibility index (Phi) is 3.59. The van der Waals surface area contributed by atoms with E-state index in [1.54, 1.807) is 6.07 Å². The van der Waals surface area contributed by atoms with Gasteiger partial charge in [-0.15, -0.1) is 0 Å². The summed E-state index contributed by atoms with van der Waals surface area (Å²) in [4.78, 5) is 0. The largest absolute Gasteiger partial charge is 0.453 e. The molecule has 0 heterocycles. The zero-order chi connectivity index (χ0) is 12.3. The second-order valence-corrected chi connectivity index (χ2v) is 4.45. The van der Waals surface area contributed by atoms with E-state index in [2.05, 4.69) is 22.6 Å². The van der Waals surface area contributed by atoms with Crippen molar-refractivity contribution in [2.45, 2.75) is 0 Å². The summed E-state index contributed by atoms with van der Waals surface area (Å²) in [6, 6.07) is 13.3. The van der Waals surface area contributed by atoms with Gasteiger partial charge in [-0.3, -0.25) is 0 Å². The van der Waals surface area contributed by atoms with Gasteiger partial charge in [-0.1, -0.05) is 12.1 Å². The molecule has 2 nitrogen and oxygen atoms in total. The van der Waals surface area contributed by atoms with E-state index in [0.717, 1.165) is 9.64 Å². The van der Waals surface area contributed by atoms with Gasteiger partial charge in [0.25, 0.3) is 0 Å². The molecule has 0 unspecified atom stereocenters. The van der Waals surface area contributed by atoms with Gasteiger partial charge in [0, 0.05) is 0 Å². The van der Waals surface area contributed by atoms with Crippen LogP contribution in [0.1, 0.15) is 5.56 Å². The van der Waals surface area contributed by atoms with E-state index < -0.39 is 5.82 Å². The zero-order valence-corrected chi connectivity index (χ0v) is 10.8. The molecule has 2 aromatic carbocycles. The molecule has 0 N–H and O–H groups in total. The predicted octanol–water partition coefficient (Wildman–Crippen LogP) is 4.09.